The molecule has 4 rings (SSSR count). The maximum atomic E-state index is 5.18. The smallest absolute Gasteiger partial charge is 0.246 e. The van der Waals surface area contributed by atoms with Crippen LogP contribution in [0.5, 0.6) is 0 Å². The molecule has 1 unspecified atom stereocenters. The second kappa shape index (κ2) is 5.46. The monoisotopic (exact) mass is 297 g/mol. The molecule has 2 heterocycles. The van der Waals surface area contributed by atoms with Gasteiger partial charge in [-0.1, -0.05) is 30.7 Å². The van der Waals surface area contributed by atoms with E-state index >= 15 is 0 Å². The Labute approximate surface area is 129 Å². The first kappa shape index (κ1) is 13.3. The van der Waals surface area contributed by atoms with E-state index in [0.29, 0.717) is 11.9 Å². The summed E-state index contributed by atoms with van der Waals surface area (Å²) in [6.45, 7) is 0. The second-order valence-corrected chi connectivity index (χ2v) is 5.81. The molecule has 3 aliphatic rings. The molecule has 6 nitrogen and oxygen atoms in total. The lowest BCUT2D eigenvalue weighted by molar-refractivity contribution is 0.000391. The van der Waals surface area contributed by atoms with Gasteiger partial charge in [-0.2, -0.15) is 5.12 Å². The van der Waals surface area contributed by atoms with Gasteiger partial charge in [0, 0.05) is 12.4 Å². The van der Waals surface area contributed by atoms with Crippen molar-refractivity contribution in [3.63, 3.8) is 0 Å². The Bertz CT molecular complexity index is 610. The van der Waals surface area contributed by atoms with Crippen molar-refractivity contribution in [1.82, 2.24) is 20.7 Å². The van der Waals surface area contributed by atoms with Crippen LogP contribution in [0.1, 0.15) is 25.7 Å². The fourth-order valence-electron chi connectivity index (χ4n) is 3.36. The molecule has 114 valence electrons. The lowest BCUT2D eigenvalue weighted by Crippen LogP contribution is -2.63. The highest BCUT2D eigenvalue weighted by atomic mass is 16.7. The normalized spacial score (nSPS) is 26.8. The van der Waals surface area contributed by atoms with Gasteiger partial charge >= 0.3 is 0 Å². The first-order chi connectivity index (χ1) is 10.9. The van der Waals surface area contributed by atoms with Crippen molar-refractivity contribution in [3.8, 4) is 0 Å². The van der Waals surface area contributed by atoms with Gasteiger partial charge in [0.05, 0.1) is 11.7 Å². The Kier molecular flexibility index (Phi) is 3.31. The summed E-state index contributed by atoms with van der Waals surface area (Å²) in [6.07, 6.45) is 20.4. The number of hydrogen-bond donors (Lipinski definition) is 1. The van der Waals surface area contributed by atoms with Gasteiger partial charge in [-0.15, -0.1) is 0 Å². The zero-order valence-electron chi connectivity index (χ0n) is 12.3. The molecule has 6 heteroatoms. The second-order valence-electron chi connectivity index (χ2n) is 5.81. The van der Waals surface area contributed by atoms with Gasteiger partial charge in [0.25, 0.3) is 0 Å². The quantitative estimate of drug-likeness (QED) is 0.921. The predicted molar refractivity (Wildman–Crippen MR) is 82.7 cm³/mol. The zero-order chi connectivity index (χ0) is 14.8. The first-order valence-electron chi connectivity index (χ1n) is 7.69. The molecule has 2 aliphatic carbocycles. The number of allylic oxidation sites excluding steroid dienone is 2. The first-order valence-corrected chi connectivity index (χ1v) is 7.69. The van der Waals surface area contributed by atoms with Crippen LogP contribution in [-0.2, 0) is 4.84 Å². The zero-order valence-corrected chi connectivity index (χ0v) is 12.3. The number of nitrogens with one attached hydrogen (secondary N) is 1. The minimum absolute atomic E-state index is 0.167. The molecule has 0 saturated heterocycles. The molecule has 1 aliphatic heterocycles. The molecule has 1 aromatic rings. The minimum atomic E-state index is -0.167. The summed E-state index contributed by atoms with van der Waals surface area (Å²) in [5.41, 5.74) is 2.72. The summed E-state index contributed by atoms with van der Waals surface area (Å²) in [6, 6.07) is 1.83. The van der Waals surface area contributed by atoms with Gasteiger partial charge in [0.1, 0.15) is 6.26 Å². The van der Waals surface area contributed by atoms with Crippen LogP contribution in [0.25, 0.3) is 0 Å². The maximum Gasteiger partial charge on any atom is 0.246 e. The Hall–Kier alpha value is -2.34. The molecule has 1 atom stereocenters. The highest BCUT2D eigenvalue weighted by Crippen LogP contribution is 2.45. The van der Waals surface area contributed by atoms with Gasteiger partial charge in [0.15, 0.2) is 0 Å². The van der Waals surface area contributed by atoms with E-state index in [1.54, 1.807) is 18.7 Å². The SMILES string of the molecule is C1=CCC(C2CCC2)(N(c2ncccn2)N2C=CON2)C=C1. The van der Waals surface area contributed by atoms with Gasteiger partial charge in [-0.3, -0.25) is 0 Å². The largest absolute Gasteiger partial charge is 0.394 e. The Morgan fingerprint density at radius 1 is 1.27 bits per heavy atom. The van der Waals surface area contributed by atoms with E-state index in [2.05, 4.69) is 44.9 Å². The summed E-state index contributed by atoms with van der Waals surface area (Å²) in [4.78, 5) is 14.1. The third kappa shape index (κ3) is 2.07. The third-order valence-electron chi connectivity index (χ3n) is 4.66. The maximum absolute atomic E-state index is 5.18. The number of nitrogens with zero attached hydrogens (tertiary/aromatic N) is 4. The standard InChI is InChI=1S/C16H19N5O/c1-2-8-16(9-3-1,14-6-4-7-14)21(20-12-13-22-19-20)15-17-10-5-11-18-15/h1-3,5,8,10-14,19H,4,6-7,9H2. The molecule has 1 fully saturated rings. The van der Waals surface area contributed by atoms with E-state index in [1.807, 2.05) is 17.4 Å². The minimum Gasteiger partial charge on any atom is -0.394 e. The topological polar surface area (TPSA) is 53.5 Å². The molecule has 22 heavy (non-hydrogen) atoms. The Morgan fingerprint density at radius 3 is 2.73 bits per heavy atom. The van der Waals surface area contributed by atoms with E-state index in [0.717, 1.165) is 6.42 Å². The molecule has 0 aromatic carbocycles. The average molecular weight is 297 g/mol. The number of hydrogen-bond acceptors (Lipinski definition) is 6. The molecule has 0 bridgehead atoms. The van der Waals surface area contributed by atoms with E-state index in [9.17, 15) is 0 Å². The van der Waals surface area contributed by atoms with Crippen LogP contribution < -0.4 is 10.6 Å². The molecule has 0 spiro atoms. The number of aromatic nitrogens is 2. The van der Waals surface area contributed by atoms with Gasteiger partial charge in [-0.05, 0) is 36.8 Å². The molecule has 1 aromatic heterocycles. The van der Waals surface area contributed by atoms with Crippen molar-refractivity contribution in [2.45, 2.75) is 31.2 Å². The number of anilines is 1. The third-order valence-corrected chi connectivity index (χ3v) is 4.66. The van der Waals surface area contributed by atoms with E-state index in [-0.39, 0.29) is 5.54 Å². The molecular formula is C16H19N5O. The van der Waals surface area contributed by atoms with Crippen molar-refractivity contribution in [2.75, 3.05) is 5.01 Å². The summed E-state index contributed by atoms with van der Waals surface area (Å²) in [5.74, 6) is 1.24. The molecule has 0 radical (unpaired) electrons. The summed E-state index contributed by atoms with van der Waals surface area (Å²) >= 11 is 0. The summed E-state index contributed by atoms with van der Waals surface area (Å²) < 4.78 is 0. The van der Waals surface area contributed by atoms with Crippen LogP contribution in [0.2, 0.25) is 0 Å². The van der Waals surface area contributed by atoms with Gasteiger partial charge in [0.2, 0.25) is 5.95 Å². The van der Waals surface area contributed by atoms with Crippen molar-refractivity contribution >= 4 is 5.95 Å². The van der Waals surface area contributed by atoms with Crippen molar-refractivity contribution in [2.24, 2.45) is 5.92 Å². The average Bonchev–Trinajstić information content (AvgIpc) is 3.01. The van der Waals surface area contributed by atoms with Crippen molar-refractivity contribution in [1.29, 1.82) is 0 Å². The lowest BCUT2D eigenvalue weighted by Gasteiger charge is -2.52. The van der Waals surface area contributed by atoms with E-state index < -0.39 is 0 Å². The van der Waals surface area contributed by atoms with Crippen LogP contribution in [0.15, 0.2) is 55.2 Å². The van der Waals surface area contributed by atoms with Gasteiger partial charge < -0.3 is 4.84 Å². The van der Waals surface area contributed by atoms with Crippen LogP contribution >= 0.6 is 0 Å². The fraction of sp³-hybridized carbons (Fsp3) is 0.375. The van der Waals surface area contributed by atoms with Crippen molar-refractivity contribution < 1.29 is 4.84 Å². The number of rotatable bonds is 4. The lowest BCUT2D eigenvalue weighted by atomic mass is 9.67. The van der Waals surface area contributed by atoms with E-state index in [1.165, 1.54) is 19.3 Å². The van der Waals surface area contributed by atoms with Crippen LogP contribution in [-0.4, -0.2) is 20.6 Å². The van der Waals surface area contributed by atoms with Crippen LogP contribution in [0, 0.1) is 5.92 Å². The predicted octanol–water partition coefficient (Wildman–Crippen LogP) is 2.48. The molecule has 1 saturated carbocycles. The molecule has 0 amide bonds. The van der Waals surface area contributed by atoms with Crippen molar-refractivity contribution in [3.05, 3.63) is 55.2 Å². The van der Waals surface area contributed by atoms with Crippen LogP contribution in [0.3, 0.4) is 0 Å². The Morgan fingerprint density at radius 2 is 2.14 bits per heavy atom. The van der Waals surface area contributed by atoms with Gasteiger partial charge in [-0.25, -0.2) is 15.0 Å². The van der Waals surface area contributed by atoms with Crippen LogP contribution in [0.4, 0.5) is 5.95 Å². The summed E-state index contributed by atoms with van der Waals surface area (Å²) in [5, 5.41) is 3.94. The fourth-order valence-corrected chi connectivity index (χ4v) is 3.36. The Balaban J connectivity index is 1.79. The molecular weight excluding hydrogens is 278 g/mol. The highest BCUT2D eigenvalue weighted by molar-refractivity contribution is 5.41. The van der Waals surface area contributed by atoms with E-state index in [4.69, 9.17) is 4.84 Å². The number of hydrazine groups is 2. The molecule has 1 N–H and O–H groups in total. The summed E-state index contributed by atoms with van der Waals surface area (Å²) in [7, 11) is 0. The highest BCUT2D eigenvalue weighted by Gasteiger charge is 2.48.